The molecule has 3 aliphatic rings. The molecule has 0 unspecified atom stereocenters. The summed E-state index contributed by atoms with van der Waals surface area (Å²) in [5.41, 5.74) is 1.75. The Morgan fingerprint density at radius 1 is 1.17 bits per heavy atom. The number of benzene rings is 2. The van der Waals surface area contributed by atoms with E-state index in [1.807, 2.05) is 18.2 Å². The summed E-state index contributed by atoms with van der Waals surface area (Å²) >= 11 is 1.56. The van der Waals surface area contributed by atoms with Gasteiger partial charge in [0.25, 0.3) is 0 Å². The zero-order valence-electron chi connectivity index (χ0n) is 19.6. The SMILES string of the molecule is C=C1C(=O)C2=C(OC3(CCN(C[C@H](O)COc4ccc(F)cc4)CC3)CS2)c2ccc(OC)cc21. The number of piperidine rings is 1. The number of nitrogens with zero attached hydrogens (tertiary/aromatic N) is 1. The van der Waals surface area contributed by atoms with Gasteiger partial charge in [-0.1, -0.05) is 6.58 Å². The van der Waals surface area contributed by atoms with Crippen LogP contribution in [0.2, 0.25) is 0 Å². The third-order valence-corrected chi connectivity index (χ3v) is 8.10. The lowest BCUT2D eigenvalue weighted by atomic mass is 9.88. The number of aliphatic hydroxyl groups excluding tert-OH is 1. The van der Waals surface area contributed by atoms with Gasteiger partial charge in [-0.3, -0.25) is 4.79 Å². The Bertz CT molecular complexity index is 1170. The quantitative estimate of drug-likeness (QED) is 0.602. The van der Waals surface area contributed by atoms with E-state index in [1.165, 1.54) is 12.1 Å². The average molecular weight is 498 g/mol. The molecule has 2 aliphatic heterocycles. The highest BCUT2D eigenvalue weighted by Crippen LogP contribution is 2.49. The van der Waals surface area contributed by atoms with Crippen LogP contribution in [0.3, 0.4) is 0 Å². The van der Waals surface area contributed by atoms with E-state index >= 15 is 0 Å². The van der Waals surface area contributed by atoms with Crippen LogP contribution in [0.25, 0.3) is 11.3 Å². The lowest BCUT2D eigenvalue weighted by Crippen LogP contribution is -2.51. The summed E-state index contributed by atoms with van der Waals surface area (Å²) in [4.78, 5) is 15.8. The Kier molecular flexibility index (Phi) is 6.61. The minimum Gasteiger partial charge on any atom is -0.497 e. The molecule has 0 bridgehead atoms. The molecule has 0 aromatic heterocycles. The number of halogens is 1. The van der Waals surface area contributed by atoms with Crippen LogP contribution in [0, 0.1) is 5.82 Å². The fourth-order valence-electron chi connectivity index (χ4n) is 4.73. The predicted molar refractivity (Wildman–Crippen MR) is 134 cm³/mol. The summed E-state index contributed by atoms with van der Waals surface area (Å²) in [6.07, 6.45) is 0.931. The van der Waals surface area contributed by atoms with Gasteiger partial charge in [0.15, 0.2) is 0 Å². The van der Waals surface area contributed by atoms with E-state index in [-0.39, 0.29) is 23.8 Å². The van der Waals surface area contributed by atoms with Gasteiger partial charge >= 0.3 is 0 Å². The number of aliphatic hydroxyl groups is 1. The van der Waals surface area contributed by atoms with Gasteiger partial charge in [0.1, 0.15) is 41.4 Å². The van der Waals surface area contributed by atoms with Crippen molar-refractivity contribution in [1.82, 2.24) is 4.90 Å². The van der Waals surface area contributed by atoms with Crippen molar-refractivity contribution < 1.29 is 28.5 Å². The number of methoxy groups -OCH3 is 1. The van der Waals surface area contributed by atoms with E-state index in [0.29, 0.717) is 40.0 Å². The molecule has 6 nitrogen and oxygen atoms in total. The molecule has 0 radical (unpaired) electrons. The first kappa shape index (κ1) is 23.9. The summed E-state index contributed by atoms with van der Waals surface area (Å²) in [5, 5.41) is 10.4. The Balaban J connectivity index is 1.21. The molecule has 0 saturated carbocycles. The van der Waals surface area contributed by atoms with Crippen molar-refractivity contribution in [2.75, 3.05) is 39.1 Å². The second kappa shape index (κ2) is 9.68. The van der Waals surface area contributed by atoms with E-state index in [4.69, 9.17) is 14.2 Å². The first-order valence-electron chi connectivity index (χ1n) is 11.6. The average Bonchev–Trinajstić information content (AvgIpc) is 2.88. The molecular weight excluding hydrogens is 469 g/mol. The molecule has 2 aromatic carbocycles. The first-order valence-corrected chi connectivity index (χ1v) is 12.6. The van der Waals surface area contributed by atoms with Crippen LogP contribution in [0.5, 0.6) is 11.5 Å². The van der Waals surface area contributed by atoms with Gasteiger partial charge in [-0.2, -0.15) is 0 Å². The Labute approximate surface area is 208 Å². The fourth-order valence-corrected chi connectivity index (χ4v) is 6.02. The molecule has 5 rings (SSSR count). The number of hydrogen-bond donors (Lipinski definition) is 1. The fraction of sp³-hybridized carbons (Fsp3) is 0.370. The van der Waals surface area contributed by atoms with Crippen LogP contribution in [0.15, 0.2) is 53.9 Å². The number of Topliss-reactive ketones (excluding diaryl/α,β-unsaturated/α-hetero) is 1. The number of hydrogen-bond acceptors (Lipinski definition) is 7. The Morgan fingerprint density at radius 3 is 2.60 bits per heavy atom. The topological polar surface area (TPSA) is 68.2 Å². The summed E-state index contributed by atoms with van der Waals surface area (Å²) < 4.78 is 30.6. The van der Waals surface area contributed by atoms with Gasteiger partial charge in [0.2, 0.25) is 5.78 Å². The number of allylic oxidation sites excluding steroid dienone is 2. The van der Waals surface area contributed by atoms with Crippen molar-refractivity contribution in [2.45, 2.75) is 24.5 Å². The van der Waals surface area contributed by atoms with E-state index in [2.05, 4.69) is 11.5 Å². The second-order valence-electron chi connectivity index (χ2n) is 9.17. The standard InChI is InChI=1S/C27H28FNO5S/c1-17-23-13-21(32-2)7-8-22(23)25-26(24(17)31)35-16-27(34-25)9-11-29(12-10-27)14-19(30)15-33-20-5-3-18(28)4-6-20/h3-8,13,19,30H,1,9-12,14-16H2,2H3/t19-/m0/s1. The summed E-state index contributed by atoms with van der Waals surface area (Å²) in [6, 6.07) is 11.4. The lowest BCUT2D eigenvalue weighted by molar-refractivity contribution is -0.110. The number of likely N-dealkylation sites (tertiary alicyclic amines) is 1. The van der Waals surface area contributed by atoms with Crippen molar-refractivity contribution in [3.8, 4) is 11.5 Å². The second-order valence-corrected chi connectivity index (χ2v) is 10.2. The summed E-state index contributed by atoms with van der Waals surface area (Å²) in [5.74, 6) is 2.16. The number of thioether (sulfide) groups is 1. The maximum Gasteiger partial charge on any atom is 0.203 e. The van der Waals surface area contributed by atoms with Crippen LogP contribution in [0.4, 0.5) is 4.39 Å². The molecular formula is C27H28FNO5S. The molecule has 184 valence electrons. The van der Waals surface area contributed by atoms with Crippen LogP contribution in [0.1, 0.15) is 24.0 Å². The van der Waals surface area contributed by atoms with Gasteiger partial charge in [0.05, 0.1) is 12.0 Å². The molecule has 1 spiro atoms. The predicted octanol–water partition coefficient (Wildman–Crippen LogP) is 4.14. The smallest absolute Gasteiger partial charge is 0.203 e. The molecule has 1 N–H and O–H groups in total. The van der Waals surface area contributed by atoms with Crippen LogP contribution in [-0.2, 0) is 9.53 Å². The van der Waals surface area contributed by atoms with E-state index in [9.17, 15) is 14.3 Å². The zero-order chi connectivity index (χ0) is 24.6. The maximum absolute atomic E-state index is 13.0. The molecule has 35 heavy (non-hydrogen) atoms. The van der Waals surface area contributed by atoms with Crippen molar-refractivity contribution in [3.05, 3.63) is 70.9 Å². The molecule has 2 aromatic rings. The highest BCUT2D eigenvalue weighted by molar-refractivity contribution is 8.04. The van der Waals surface area contributed by atoms with Gasteiger partial charge in [-0.25, -0.2) is 4.39 Å². The number of fused-ring (bicyclic) bond motifs is 2. The minimum absolute atomic E-state index is 0.0812. The number of ketones is 1. The van der Waals surface area contributed by atoms with Gasteiger partial charge < -0.3 is 24.2 Å². The Morgan fingerprint density at radius 2 is 1.89 bits per heavy atom. The maximum atomic E-state index is 13.0. The van der Waals surface area contributed by atoms with Gasteiger partial charge in [0, 0.05) is 49.4 Å². The molecule has 1 saturated heterocycles. The third-order valence-electron chi connectivity index (χ3n) is 6.77. The number of rotatable bonds is 6. The van der Waals surface area contributed by atoms with Gasteiger partial charge in [-0.15, -0.1) is 11.8 Å². The van der Waals surface area contributed by atoms with Crippen LogP contribution >= 0.6 is 11.8 Å². The van der Waals surface area contributed by atoms with E-state index in [0.717, 1.165) is 37.1 Å². The molecule has 1 atom stereocenters. The Hall–Kier alpha value is -2.81. The van der Waals surface area contributed by atoms with Crippen LogP contribution < -0.4 is 9.47 Å². The molecule has 1 aliphatic carbocycles. The van der Waals surface area contributed by atoms with Crippen molar-refractivity contribution in [2.24, 2.45) is 0 Å². The minimum atomic E-state index is -0.658. The van der Waals surface area contributed by atoms with Crippen LogP contribution in [-0.4, -0.2) is 66.6 Å². The number of carbonyl (C=O) groups excluding carboxylic acids is 1. The highest BCUT2D eigenvalue weighted by Gasteiger charge is 2.45. The number of ether oxygens (including phenoxy) is 3. The molecule has 0 amide bonds. The summed E-state index contributed by atoms with van der Waals surface area (Å²) in [6.45, 7) is 6.19. The van der Waals surface area contributed by atoms with Crippen molar-refractivity contribution >= 4 is 28.9 Å². The third kappa shape index (κ3) is 4.83. The van der Waals surface area contributed by atoms with Crippen molar-refractivity contribution in [1.29, 1.82) is 0 Å². The highest BCUT2D eigenvalue weighted by atomic mass is 32.2. The first-order chi connectivity index (χ1) is 16.9. The molecule has 1 fully saturated rings. The van der Waals surface area contributed by atoms with E-state index in [1.54, 1.807) is 31.0 Å². The summed E-state index contributed by atoms with van der Waals surface area (Å²) in [7, 11) is 1.60. The zero-order valence-corrected chi connectivity index (χ0v) is 20.4. The number of β-amino-alcohol motifs (C(OH)–C–C–N with tert-alkyl or cyclic N) is 1. The molecule has 2 heterocycles. The number of carbonyl (C=O) groups is 1. The van der Waals surface area contributed by atoms with E-state index < -0.39 is 6.10 Å². The largest absolute Gasteiger partial charge is 0.497 e. The lowest BCUT2D eigenvalue weighted by Gasteiger charge is -2.46. The molecule has 8 heteroatoms. The van der Waals surface area contributed by atoms with Gasteiger partial charge in [-0.05, 0) is 48.0 Å². The van der Waals surface area contributed by atoms with Crippen molar-refractivity contribution in [3.63, 3.8) is 0 Å². The monoisotopic (exact) mass is 497 g/mol. The normalized spacial score (nSPS) is 20.2.